The number of anilines is 1. The van der Waals surface area contributed by atoms with Crippen molar-refractivity contribution >= 4 is 68.3 Å². The third-order valence-corrected chi connectivity index (χ3v) is 7.22. The van der Waals surface area contributed by atoms with E-state index in [1.807, 2.05) is 34.5 Å². The smallest absolute Gasteiger partial charge is 0.303 e. The molecule has 1 aliphatic heterocycles. The summed E-state index contributed by atoms with van der Waals surface area (Å²) in [6, 6.07) is 9.25. The number of halogens is 2. The average molecular weight is 587 g/mol. The summed E-state index contributed by atoms with van der Waals surface area (Å²) in [5.74, 6) is -2.90. The van der Waals surface area contributed by atoms with Gasteiger partial charge in [-0.25, -0.2) is 0 Å². The minimum Gasteiger partial charge on any atom is -0.448 e. The van der Waals surface area contributed by atoms with E-state index in [1.54, 1.807) is 6.07 Å². The molecular formula is C23H25BrClN3O6S. The molecule has 2 atom stereocenters. The van der Waals surface area contributed by atoms with Crippen molar-refractivity contribution in [3.05, 3.63) is 50.1 Å². The van der Waals surface area contributed by atoms with Gasteiger partial charge in [-0.15, -0.1) is 11.3 Å². The van der Waals surface area contributed by atoms with Crippen LogP contribution in [0.3, 0.4) is 0 Å². The molecule has 1 fully saturated rings. The molecule has 1 aliphatic rings. The Morgan fingerprint density at radius 3 is 2.26 bits per heavy atom. The highest BCUT2D eigenvalue weighted by Crippen LogP contribution is 2.26. The second kappa shape index (κ2) is 12.4. The molecule has 1 N–H and O–H groups in total. The van der Waals surface area contributed by atoms with E-state index < -0.39 is 36.0 Å². The standard InChI is InChI=1S/C23H25BrClN3O6S/c1-14(29)33-20(22(31)26-12-17-11-16(24)13-35-17)21(34-15(2)30)23(32)28-9-7-27(8-10-28)19-6-4-3-5-18(19)25/h3-6,11,13,20-21H,7-10,12H2,1-2H3,(H,26,31)/t20-,21?/m1/s1. The normalized spacial score (nSPS) is 15.2. The van der Waals surface area contributed by atoms with Crippen molar-refractivity contribution in [3.63, 3.8) is 0 Å². The molecule has 2 aromatic rings. The maximum absolute atomic E-state index is 13.4. The van der Waals surface area contributed by atoms with E-state index in [0.717, 1.165) is 28.9 Å². The summed E-state index contributed by atoms with van der Waals surface area (Å²) in [5.41, 5.74) is 0.857. The Labute approximate surface area is 220 Å². The first-order valence-electron chi connectivity index (χ1n) is 10.8. The summed E-state index contributed by atoms with van der Waals surface area (Å²) in [6.45, 7) is 3.99. The topological polar surface area (TPSA) is 105 Å². The maximum atomic E-state index is 13.4. The van der Waals surface area contributed by atoms with Crippen molar-refractivity contribution < 1.29 is 28.7 Å². The highest BCUT2D eigenvalue weighted by atomic mass is 79.9. The number of esters is 2. The molecule has 0 spiro atoms. The van der Waals surface area contributed by atoms with Crippen LogP contribution in [0.1, 0.15) is 18.7 Å². The summed E-state index contributed by atoms with van der Waals surface area (Å²) in [4.78, 5) is 54.3. The van der Waals surface area contributed by atoms with Gasteiger partial charge in [0, 0.05) is 54.8 Å². The van der Waals surface area contributed by atoms with Gasteiger partial charge in [0.1, 0.15) is 0 Å². The molecule has 1 aromatic carbocycles. The number of nitrogens with zero attached hydrogens (tertiary/aromatic N) is 2. The number of para-hydroxylation sites is 1. The minimum atomic E-state index is -1.63. The van der Waals surface area contributed by atoms with Crippen LogP contribution in [0.5, 0.6) is 0 Å². The molecule has 35 heavy (non-hydrogen) atoms. The predicted molar refractivity (Wildman–Crippen MR) is 135 cm³/mol. The third-order valence-electron chi connectivity index (χ3n) is 5.21. The molecule has 1 unspecified atom stereocenters. The molecule has 1 saturated heterocycles. The SMILES string of the molecule is CC(=O)OC(C(=O)N1CCN(c2ccccc2Cl)CC1)[C@@H](OC(C)=O)C(=O)NCc1cc(Br)cs1. The van der Waals surface area contributed by atoms with Gasteiger partial charge in [-0.1, -0.05) is 23.7 Å². The zero-order chi connectivity index (χ0) is 25.5. The van der Waals surface area contributed by atoms with Gasteiger partial charge in [-0.3, -0.25) is 19.2 Å². The van der Waals surface area contributed by atoms with Crippen molar-refractivity contribution in [1.82, 2.24) is 10.2 Å². The van der Waals surface area contributed by atoms with Crippen LogP contribution in [-0.4, -0.2) is 67.0 Å². The highest BCUT2D eigenvalue weighted by Gasteiger charge is 2.42. The fourth-order valence-electron chi connectivity index (χ4n) is 3.63. The Morgan fingerprint density at radius 2 is 1.69 bits per heavy atom. The van der Waals surface area contributed by atoms with E-state index in [-0.39, 0.29) is 6.54 Å². The molecule has 12 heteroatoms. The van der Waals surface area contributed by atoms with Gasteiger partial charge < -0.3 is 24.6 Å². The van der Waals surface area contributed by atoms with Gasteiger partial charge in [0.15, 0.2) is 0 Å². The first kappa shape index (κ1) is 27.0. The van der Waals surface area contributed by atoms with Crippen LogP contribution in [0.15, 0.2) is 40.2 Å². The number of rotatable bonds is 8. The molecule has 2 heterocycles. The maximum Gasteiger partial charge on any atom is 0.303 e. The monoisotopic (exact) mass is 585 g/mol. The quantitative estimate of drug-likeness (QED) is 0.474. The van der Waals surface area contributed by atoms with E-state index in [1.165, 1.54) is 16.2 Å². The lowest BCUT2D eigenvalue weighted by Crippen LogP contribution is -2.57. The van der Waals surface area contributed by atoms with Gasteiger partial charge >= 0.3 is 11.9 Å². The number of carbonyl (C=O) groups is 4. The van der Waals surface area contributed by atoms with Gasteiger partial charge in [-0.05, 0) is 34.1 Å². The molecule has 0 aliphatic carbocycles. The third kappa shape index (κ3) is 7.42. The number of ether oxygens (including phenoxy) is 2. The molecular weight excluding hydrogens is 562 g/mol. The summed E-state index contributed by atoms with van der Waals surface area (Å²) in [7, 11) is 0. The number of amides is 2. The molecule has 0 bridgehead atoms. The first-order valence-corrected chi connectivity index (χ1v) is 12.8. The van der Waals surface area contributed by atoms with Gasteiger partial charge in [0.25, 0.3) is 11.8 Å². The number of benzene rings is 1. The van der Waals surface area contributed by atoms with Gasteiger partial charge in [0.2, 0.25) is 12.2 Å². The molecule has 9 nitrogen and oxygen atoms in total. The molecule has 2 amide bonds. The van der Waals surface area contributed by atoms with E-state index in [4.69, 9.17) is 21.1 Å². The number of hydrogen-bond donors (Lipinski definition) is 1. The zero-order valence-electron chi connectivity index (χ0n) is 19.2. The largest absolute Gasteiger partial charge is 0.448 e. The molecule has 3 rings (SSSR count). The summed E-state index contributed by atoms with van der Waals surface area (Å²) in [5, 5.41) is 5.12. The number of piperazine rings is 1. The van der Waals surface area contributed by atoms with Crippen LogP contribution in [0.25, 0.3) is 0 Å². The second-order valence-corrected chi connectivity index (χ2v) is 10.1. The number of nitrogens with one attached hydrogen (secondary N) is 1. The van der Waals surface area contributed by atoms with Crippen molar-refractivity contribution in [3.8, 4) is 0 Å². The lowest BCUT2D eigenvalue weighted by atomic mass is 10.1. The summed E-state index contributed by atoms with van der Waals surface area (Å²) >= 11 is 11.1. The van der Waals surface area contributed by atoms with Crippen molar-refractivity contribution in [2.45, 2.75) is 32.6 Å². The van der Waals surface area contributed by atoms with Crippen LogP contribution < -0.4 is 10.2 Å². The summed E-state index contributed by atoms with van der Waals surface area (Å²) < 4.78 is 11.3. The van der Waals surface area contributed by atoms with Gasteiger partial charge in [-0.2, -0.15) is 0 Å². The molecule has 1 aromatic heterocycles. The number of carbonyl (C=O) groups excluding carboxylic acids is 4. The highest BCUT2D eigenvalue weighted by molar-refractivity contribution is 9.10. The lowest BCUT2D eigenvalue weighted by molar-refractivity contribution is -0.178. The van der Waals surface area contributed by atoms with Crippen LogP contribution in [0, 0.1) is 0 Å². The Morgan fingerprint density at radius 1 is 1.06 bits per heavy atom. The van der Waals surface area contributed by atoms with Crippen molar-refractivity contribution in [2.24, 2.45) is 0 Å². The van der Waals surface area contributed by atoms with Gasteiger partial charge in [0.05, 0.1) is 17.3 Å². The average Bonchev–Trinajstić information content (AvgIpc) is 3.24. The van der Waals surface area contributed by atoms with E-state index in [9.17, 15) is 19.2 Å². The zero-order valence-corrected chi connectivity index (χ0v) is 22.3. The molecule has 0 saturated carbocycles. The summed E-state index contributed by atoms with van der Waals surface area (Å²) in [6.07, 6.45) is -3.24. The van der Waals surface area contributed by atoms with Crippen LogP contribution in [-0.2, 0) is 35.2 Å². The Balaban J connectivity index is 1.73. The fraction of sp³-hybridized carbons (Fsp3) is 0.391. The molecule has 0 radical (unpaired) electrons. The minimum absolute atomic E-state index is 0.157. The Bertz CT molecular complexity index is 1090. The second-order valence-electron chi connectivity index (χ2n) is 7.77. The first-order chi connectivity index (χ1) is 16.7. The lowest BCUT2D eigenvalue weighted by Gasteiger charge is -2.38. The van der Waals surface area contributed by atoms with E-state index >= 15 is 0 Å². The number of hydrogen-bond acceptors (Lipinski definition) is 8. The Kier molecular flexibility index (Phi) is 9.53. The Hall–Kier alpha value is -2.63. The van der Waals surface area contributed by atoms with Crippen LogP contribution in [0.4, 0.5) is 5.69 Å². The van der Waals surface area contributed by atoms with Crippen LogP contribution in [0.2, 0.25) is 5.02 Å². The molecule has 188 valence electrons. The fourth-order valence-corrected chi connectivity index (χ4v) is 5.28. The van der Waals surface area contributed by atoms with Crippen LogP contribution >= 0.6 is 38.9 Å². The van der Waals surface area contributed by atoms with Crippen molar-refractivity contribution in [1.29, 1.82) is 0 Å². The van der Waals surface area contributed by atoms with Crippen molar-refractivity contribution in [2.75, 3.05) is 31.1 Å². The number of thiophene rings is 1. The predicted octanol–water partition coefficient (Wildman–Crippen LogP) is 2.99. The van der Waals surface area contributed by atoms with E-state index in [0.29, 0.717) is 31.2 Å². The van der Waals surface area contributed by atoms with E-state index in [2.05, 4.69) is 21.2 Å².